The fraction of sp³-hybridized carbons (Fsp3) is 0.400. The molecule has 0 atom stereocenters. The Morgan fingerprint density at radius 1 is 1.28 bits per heavy atom. The summed E-state index contributed by atoms with van der Waals surface area (Å²) in [7, 11) is 0. The highest BCUT2D eigenvalue weighted by Crippen LogP contribution is 2.16. The molecule has 0 aliphatic rings. The van der Waals surface area contributed by atoms with E-state index in [0.717, 1.165) is 0 Å². The van der Waals surface area contributed by atoms with Crippen LogP contribution in [0.3, 0.4) is 0 Å². The third-order valence-electron chi connectivity index (χ3n) is 2.30. The first kappa shape index (κ1) is 12.5. The lowest BCUT2D eigenvalue weighted by Gasteiger charge is -2.15. The molecule has 0 saturated carbocycles. The first-order valence-electron chi connectivity index (χ1n) is 5.31. The molecule has 0 fully saturated rings. The Bertz CT molecular complexity index is 718. The lowest BCUT2D eigenvalue weighted by molar-refractivity contribution is -0.123. The molecule has 0 aromatic carbocycles. The normalized spacial score (nSPS) is 11.7. The van der Waals surface area contributed by atoms with Gasteiger partial charge in [0.1, 0.15) is 0 Å². The minimum absolute atomic E-state index is 0.188. The number of aromatic nitrogens is 4. The van der Waals surface area contributed by atoms with Gasteiger partial charge in [-0.1, -0.05) is 20.8 Å². The summed E-state index contributed by atoms with van der Waals surface area (Å²) in [6.45, 7) is 5.35. The van der Waals surface area contributed by atoms with Crippen LogP contribution in [-0.2, 0) is 4.79 Å². The molecule has 0 bridgehead atoms. The van der Waals surface area contributed by atoms with Crippen molar-refractivity contribution in [3.05, 3.63) is 15.1 Å². The molecule has 2 aromatic heterocycles. The van der Waals surface area contributed by atoms with Crippen molar-refractivity contribution in [1.82, 2.24) is 19.9 Å². The van der Waals surface area contributed by atoms with Crippen LogP contribution in [0.5, 0.6) is 0 Å². The van der Waals surface area contributed by atoms with Crippen LogP contribution in [0.1, 0.15) is 20.8 Å². The van der Waals surface area contributed by atoms with Crippen molar-refractivity contribution < 1.29 is 4.79 Å². The van der Waals surface area contributed by atoms with Gasteiger partial charge in [0.2, 0.25) is 11.9 Å². The van der Waals surface area contributed by atoms with Gasteiger partial charge in [0.25, 0.3) is 5.56 Å². The topological polar surface area (TPSA) is 106 Å². The maximum atomic E-state index is 11.8. The van der Waals surface area contributed by atoms with Crippen molar-refractivity contribution >= 4 is 35.2 Å². The number of imidazole rings is 1. The highest BCUT2D eigenvalue weighted by atomic mass is 32.1. The van der Waals surface area contributed by atoms with E-state index in [9.17, 15) is 9.59 Å². The van der Waals surface area contributed by atoms with Crippen molar-refractivity contribution in [2.45, 2.75) is 20.8 Å². The molecular formula is C10H13N5O2S. The molecule has 2 aromatic rings. The van der Waals surface area contributed by atoms with Crippen LogP contribution in [0.15, 0.2) is 4.79 Å². The van der Waals surface area contributed by atoms with E-state index >= 15 is 0 Å². The number of nitrogens with zero attached hydrogens (tertiary/aromatic N) is 1. The van der Waals surface area contributed by atoms with Crippen molar-refractivity contribution in [3.63, 3.8) is 0 Å². The van der Waals surface area contributed by atoms with E-state index in [1.54, 1.807) is 20.8 Å². The van der Waals surface area contributed by atoms with Crippen LogP contribution in [0.4, 0.5) is 5.95 Å². The van der Waals surface area contributed by atoms with Crippen LogP contribution >= 0.6 is 12.2 Å². The molecule has 4 N–H and O–H groups in total. The molecule has 18 heavy (non-hydrogen) atoms. The van der Waals surface area contributed by atoms with Crippen LogP contribution in [-0.4, -0.2) is 25.8 Å². The summed E-state index contributed by atoms with van der Waals surface area (Å²) < 4.78 is 0.188. The monoisotopic (exact) mass is 267 g/mol. The Labute approximate surface area is 107 Å². The number of amides is 1. The van der Waals surface area contributed by atoms with Crippen LogP contribution in [0, 0.1) is 10.2 Å². The molecule has 0 radical (unpaired) electrons. The van der Waals surface area contributed by atoms with Crippen LogP contribution < -0.4 is 10.9 Å². The van der Waals surface area contributed by atoms with Gasteiger partial charge in [-0.2, -0.15) is 4.98 Å². The van der Waals surface area contributed by atoms with E-state index in [0.29, 0.717) is 5.65 Å². The zero-order chi connectivity index (χ0) is 13.5. The lowest BCUT2D eigenvalue weighted by atomic mass is 9.96. The maximum Gasteiger partial charge on any atom is 0.277 e. The molecule has 96 valence electrons. The molecular weight excluding hydrogens is 254 g/mol. The second-order valence-electron chi connectivity index (χ2n) is 4.92. The number of hydrogen-bond donors (Lipinski definition) is 4. The highest BCUT2D eigenvalue weighted by Gasteiger charge is 2.22. The van der Waals surface area contributed by atoms with Gasteiger partial charge >= 0.3 is 0 Å². The average molecular weight is 267 g/mol. The van der Waals surface area contributed by atoms with Crippen molar-refractivity contribution in [2.75, 3.05) is 5.32 Å². The highest BCUT2D eigenvalue weighted by molar-refractivity contribution is 7.71. The quantitative estimate of drug-likeness (QED) is 0.584. The van der Waals surface area contributed by atoms with E-state index in [4.69, 9.17) is 12.2 Å². The van der Waals surface area contributed by atoms with Gasteiger partial charge in [-0.05, 0) is 12.2 Å². The fourth-order valence-electron chi connectivity index (χ4n) is 1.29. The Balaban J connectivity index is 2.43. The number of fused-ring (bicyclic) bond motifs is 1. The number of nitrogens with one attached hydrogen (secondary N) is 4. The number of carbonyl (C=O) groups excluding carboxylic acids is 1. The minimum atomic E-state index is -0.543. The molecule has 8 heteroatoms. The van der Waals surface area contributed by atoms with Crippen LogP contribution in [0.2, 0.25) is 0 Å². The molecule has 0 unspecified atom stereocenters. The van der Waals surface area contributed by atoms with E-state index < -0.39 is 5.41 Å². The van der Waals surface area contributed by atoms with E-state index in [1.165, 1.54) is 0 Å². The lowest BCUT2D eigenvalue weighted by Crippen LogP contribution is -2.28. The molecule has 2 rings (SSSR count). The SMILES string of the molecule is CC(C)(C)C(=O)Nc1nc2[nH]c(=S)[nH]c(=O)c2[nH]1. The number of carbonyl (C=O) groups is 1. The smallest absolute Gasteiger partial charge is 0.277 e. The van der Waals surface area contributed by atoms with Crippen molar-refractivity contribution in [3.8, 4) is 0 Å². The zero-order valence-corrected chi connectivity index (χ0v) is 11.0. The molecule has 0 spiro atoms. The molecule has 0 saturated heterocycles. The van der Waals surface area contributed by atoms with Crippen molar-refractivity contribution in [2.24, 2.45) is 5.41 Å². The summed E-state index contributed by atoms with van der Waals surface area (Å²) in [4.78, 5) is 35.3. The first-order valence-corrected chi connectivity index (χ1v) is 5.72. The molecule has 1 amide bonds. The Morgan fingerprint density at radius 3 is 2.56 bits per heavy atom. The number of anilines is 1. The van der Waals surface area contributed by atoms with Gasteiger partial charge in [0.05, 0.1) is 0 Å². The summed E-state index contributed by atoms with van der Waals surface area (Å²) in [6.07, 6.45) is 0. The molecule has 0 aliphatic carbocycles. The number of aromatic amines is 3. The molecule has 0 aliphatic heterocycles. The van der Waals surface area contributed by atoms with Gasteiger partial charge in [0.15, 0.2) is 15.9 Å². The molecule has 2 heterocycles. The second-order valence-corrected chi connectivity index (χ2v) is 5.33. The average Bonchev–Trinajstić information content (AvgIpc) is 2.58. The summed E-state index contributed by atoms with van der Waals surface area (Å²) in [6, 6.07) is 0. The Kier molecular flexibility index (Phi) is 2.81. The third-order valence-corrected chi connectivity index (χ3v) is 2.51. The first-order chi connectivity index (χ1) is 8.27. The predicted octanol–water partition coefficient (Wildman–Crippen LogP) is 1.29. The van der Waals surface area contributed by atoms with Crippen LogP contribution in [0.25, 0.3) is 11.2 Å². The predicted molar refractivity (Wildman–Crippen MR) is 70.0 cm³/mol. The van der Waals surface area contributed by atoms with Gasteiger partial charge in [0, 0.05) is 5.41 Å². The number of rotatable bonds is 1. The maximum absolute atomic E-state index is 11.8. The van der Waals surface area contributed by atoms with E-state index in [-0.39, 0.29) is 27.7 Å². The Hall–Kier alpha value is -1.96. The zero-order valence-electron chi connectivity index (χ0n) is 10.2. The van der Waals surface area contributed by atoms with Gasteiger partial charge in [-0.3, -0.25) is 19.9 Å². The molecule has 7 nitrogen and oxygen atoms in total. The number of hydrogen-bond acceptors (Lipinski definition) is 4. The fourth-order valence-corrected chi connectivity index (χ4v) is 1.48. The standard InChI is InChI=1S/C10H13N5O2S/c1-10(2,3)7(17)15-8-11-4-5(12-8)13-9(18)14-6(4)16/h1-3H3,(H4,11,12,13,14,15,16,17,18). The van der Waals surface area contributed by atoms with Gasteiger partial charge < -0.3 is 9.97 Å². The van der Waals surface area contributed by atoms with Crippen molar-refractivity contribution in [1.29, 1.82) is 0 Å². The largest absolute Gasteiger partial charge is 0.318 e. The Morgan fingerprint density at radius 2 is 1.94 bits per heavy atom. The number of H-pyrrole nitrogens is 3. The second kappa shape index (κ2) is 4.05. The summed E-state index contributed by atoms with van der Waals surface area (Å²) in [5, 5.41) is 2.61. The van der Waals surface area contributed by atoms with E-state index in [2.05, 4.69) is 25.3 Å². The van der Waals surface area contributed by atoms with Gasteiger partial charge in [-0.15, -0.1) is 0 Å². The summed E-state index contributed by atoms with van der Waals surface area (Å²) in [5.74, 6) is 0.0175. The summed E-state index contributed by atoms with van der Waals surface area (Å²) >= 11 is 4.83. The van der Waals surface area contributed by atoms with Gasteiger partial charge in [-0.25, -0.2) is 0 Å². The third kappa shape index (κ3) is 2.33. The summed E-state index contributed by atoms with van der Waals surface area (Å²) in [5.41, 5.74) is -0.364. The van der Waals surface area contributed by atoms with E-state index in [1.807, 2.05) is 0 Å². The minimum Gasteiger partial charge on any atom is -0.318 e.